The first-order chi connectivity index (χ1) is 37.9. The average molecular weight is 1150 g/mol. The summed E-state index contributed by atoms with van der Waals surface area (Å²) in [6.07, 6.45) is -1.06. The second kappa shape index (κ2) is 26.7. The predicted octanol–water partition coefficient (Wildman–Crippen LogP) is 5.16. The Bertz CT molecular complexity index is 3160. The van der Waals surface area contributed by atoms with Crippen molar-refractivity contribution in [3.63, 3.8) is 0 Å². The summed E-state index contributed by atoms with van der Waals surface area (Å²) in [6.45, 7) is 13.4. The Labute approximate surface area is 467 Å². The van der Waals surface area contributed by atoms with Gasteiger partial charge >= 0.3 is 0 Å². The van der Waals surface area contributed by atoms with Crippen LogP contribution in [0.1, 0.15) is 44.1 Å². The van der Waals surface area contributed by atoms with Gasteiger partial charge in [-0.1, -0.05) is 56.6 Å². The van der Waals surface area contributed by atoms with Crippen molar-refractivity contribution in [1.82, 2.24) is 45.6 Å². The summed E-state index contributed by atoms with van der Waals surface area (Å²) in [5.74, 6) is -0.323. The van der Waals surface area contributed by atoms with Crippen LogP contribution < -0.4 is 24.8 Å². The number of ether oxygens (including phenoxy) is 6. The van der Waals surface area contributed by atoms with Crippen LogP contribution in [0.5, 0.6) is 11.6 Å². The van der Waals surface area contributed by atoms with Gasteiger partial charge in [0.1, 0.15) is 47.4 Å². The van der Waals surface area contributed by atoms with E-state index in [2.05, 4.69) is 40.4 Å². The summed E-state index contributed by atoms with van der Waals surface area (Å²) in [5.41, 5.74) is 6.02. The van der Waals surface area contributed by atoms with Crippen molar-refractivity contribution in [1.29, 1.82) is 0 Å². The number of nitrogens with zero attached hydrogens (tertiary/aromatic N) is 6. The number of hydrogen-bond donors (Lipinski definition) is 5. The lowest BCUT2D eigenvalue weighted by Gasteiger charge is -2.35. The summed E-state index contributed by atoms with van der Waals surface area (Å²) in [6, 6.07) is 16.9. The molecule has 0 radical (unpaired) electrons. The molecule has 2 aliphatic heterocycles. The molecule has 2 saturated heterocycles. The van der Waals surface area contributed by atoms with E-state index in [1.54, 1.807) is 47.2 Å². The SMILES string of the molecule is COc1ccc(Cl)c(S(=O)(=O)Nc2ccc(-c3nc(OC[C@H]4CN(CCOCCOCCOCC(=O)N[C@H](C(=O)N5C[C@H](O)C[C@H]5C(=O)NCc5ccc(-c6scnc6C)cc5)C(C)(C)C)CCO4)c4c(C)[nH]nc4n3)cc2)c1. The molecular weight excluding hydrogens is 1080 g/mol. The van der Waals surface area contributed by atoms with E-state index in [1.807, 2.05) is 58.9 Å². The number of methoxy groups -OCH3 is 1. The number of aromatic nitrogens is 5. The first kappa shape index (κ1) is 58.8. The topological polar surface area (TPSA) is 271 Å². The van der Waals surface area contributed by atoms with E-state index in [9.17, 15) is 27.9 Å². The molecule has 5 N–H and O–H groups in total. The standard InChI is InChI=1S/C54H67ClN10O12S2/c1-33-46-50(62-61-33)59-49(37-11-13-38(14-12-37)63-79(70,71)44-26-40(72-6)15-16-42(44)55)60-52(46)77-30-41-29-64(18-20-76-41)17-19-73-21-22-74-23-24-75-31-45(67)58-48(54(3,4)5)53(69)65-28-39(66)25-43(65)51(68)56-27-35-7-9-36(10-8-35)47-34(2)57-32-78-47/h7-16,26,32,39,41,43,48,63,66H,17-25,27-31H2,1-6H3,(H,56,68)(H,58,67)(H,59,60,61,62)/t39-,41-,43+,48-/m1/s1. The maximum Gasteiger partial charge on any atom is 0.263 e. The summed E-state index contributed by atoms with van der Waals surface area (Å²) in [7, 11) is -2.59. The fourth-order valence-corrected chi connectivity index (χ4v) is 11.4. The Kier molecular flexibility index (Phi) is 19.9. The molecule has 2 aliphatic rings. The van der Waals surface area contributed by atoms with E-state index in [-0.39, 0.29) is 67.9 Å². The number of H-pyrrole nitrogens is 1. The van der Waals surface area contributed by atoms with Crippen LogP contribution in [0.25, 0.3) is 32.9 Å². The molecule has 4 atom stereocenters. The third-order valence-corrected chi connectivity index (χ3v) is 16.1. The Hall–Kier alpha value is -6.35. The number of aliphatic hydroxyl groups is 1. The molecule has 0 saturated carbocycles. The van der Waals surface area contributed by atoms with Gasteiger partial charge in [-0.25, -0.2) is 18.4 Å². The molecule has 79 heavy (non-hydrogen) atoms. The number of rotatable bonds is 25. The van der Waals surface area contributed by atoms with Crippen LogP contribution in [0.15, 0.2) is 77.1 Å². The van der Waals surface area contributed by atoms with E-state index in [4.69, 9.17) is 45.0 Å². The zero-order valence-electron chi connectivity index (χ0n) is 45.0. The number of aryl methyl sites for hydroxylation is 2. The number of thiazole rings is 1. The van der Waals surface area contributed by atoms with Crippen molar-refractivity contribution in [2.24, 2.45) is 5.41 Å². The summed E-state index contributed by atoms with van der Waals surface area (Å²) >= 11 is 7.78. The number of fused-ring (bicyclic) bond motifs is 1. The number of anilines is 1. The number of sulfonamides is 1. The monoisotopic (exact) mass is 1150 g/mol. The maximum absolute atomic E-state index is 14.0. The molecule has 0 bridgehead atoms. The van der Waals surface area contributed by atoms with E-state index in [0.29, 0.717) is 79.3 Å². The van der Waals surface area contributed by atoms with Crippen LogP contribution in [-0.2, 0) is 49.9 Å². The molecule has 3 aromatic carbocycles. The molecule has 3 amide bonds. The highest BCUT2D eigenvalue weighted by molar-refractivity contribution is 7.92. The highest BCUT2D eigenvalue weighted by Gasteiger charge is 2.44. The lowest BCUT2D eigenvalue weighted by atomic mass is 9.85. The number of morpholine rings is 1. The van der Waals surface area contributed by atoms with Crippen molar-refractivity contribution >= 4 is 67.4 Å². The molecule has 6 aromatic rings. The number of carbonyl (C=O) groups excluding carboxylic acids is 3. The Morgan fingerprint density at radius 3 is 2.38 bits per heavy atom. The van der Waals surface area contributed by atoms with Crippen molar-refractivity contribution in [3.05, 3.63) is 94.2 Å². The number of hydrogen-bond acceptors (Lipinski definition) is 18. The van der Waals surface area contributed by atoms with Gasteiger partial charge < -0.3 is 49.1 Å². The van der Waals surface area contributed by atoms with Gasteiger partial charge in [-0.3, -0.25) is 29.1 Å². The fourth-order valence-electron chi connectivity index (χ4n) is 9.02. The largest absolute Gasteiger partial charge is 0.497 e. The van der Waals surface area contributed by atoms with Gasteiger partial charge in [0.2, 0.25) is 23.6 Å². The van der Waals surface area contributed by atoms with Gasteiger partial charge in [-0.05, 0) is 66.8 Å². The van der Waals surface area contributed by atoms with Crippen LogP contribution in [0, 0.1) is 19.3 Å². The van der Waals surface area contributed by atoms with Crippen LogP contribution in [-0.4, -0.2) is 177 Å². The zero-order valence-corrected chi connectivity index (χ0v) is 47.3. The smallest absolute Gasteiger partial charge is 0.263 e. The second-order valence-electron chi connectivity index (χ2n) is 20.2. The third-order valence-electron chi connectivity index (χ3n) is 13.3. The molecule has 3 aromatic heterocycles. The lowest BCUT2D eigenvalue weighted by molar-refractivity contribution is -0.144. The van der Waals surface area contributed by atoms with Gasteiger partial charge in [-0.15, -0.1) is 11.3 Å². The van der Waals surface area contributed by atoms with Gasteiger partial charge in [0.05, 0.1) is 74.0 Å². The molecule has 25 heteroatoms. The average Bonchev–Trinajstić information content (AvgIpc) is 4.29. The second-order valence-corrected chi connectivity index (χ2v) is 23.1. The normalized spacial score (nSPS) is 17.4. The van der Waals surface area contributed by atoms with Crippen LogP contribution in [0.4, 0.5) is 5.69 Å². The lowest BCUT2D eigenvalue weighted by Crippen LogP contribution is -2.58. The fraction of sp³-hybridized carbons (Fsp3) is 0.463. The summed E-state index contributed by atoms with van der Waals surface area (Å²) in [4.78, 5) is 58.8. The number of nitrogens with one attached hydrogen (secondary N) is 4. The molecule has 22 nitrogen and oxygen atoms in total. The van der Waals surface area contributed by atoms with Crippen LogP contribution in [0.3, 0.4) is 0 Å². The first-order valence-corrected chi connectivity index (χ1v) is 28.6. The number of aliphatic hydroxyl groups excluding tert-OH is 1. The molecule has 5 heterocycles. The van der Waals surface area contributed by atoms with Crippen molar-refractivity contribution in [2.45, 2.75) is 76.8 Å². The summed E-state index contributed by atoms with van der Waals surface area (Å²) in [5, 5.41) is 24.3. The number of aromatic amines is 1. The van der Waals surface area contributed by atoms with E-state index in [0.717, 1.165) is 33.9 Å². The Morgan fingerprint density at radius 1 is 0.949 bits per heavy atom. The van der Waals surface area contributed by atoms with Crippen molar-refractivity contribution in [3.8, 4) is 33.5 Å². The number of β-amino-alcohol motifs (C(OH)–C–C–N with tert-alkyl or cyclic N) is 1. The minimum atomic E-state index is -4.03. The molecule has 8 rings (SSSR count). The van der Waals surface area contributed by atoms with Crippen LogP contribution in [0.2, 0.25) is 5.02 Å². The number of likely N-dealkylation sites (tertiary alicyclic amines) is 1. The molecule has 0 aliphatic carbocycles. The maximum atomic E-state index is 14.0. The highest BCUT2D eigenvalue weighted by Crippen LogP contribution is 2.32. The third kappa shape index (κ3) is 15.5. The van der Waals surface area contributed by atoms with E-state index in [1.165, 1.54) is 24.1 Å². The minimum Gasteiger partial charge on any atom is -0.497 e. The van der Waals surface area contributed by atoms with Crippen LogP contribution >= 0.6 is 22.9 Å². The van der Waals surface area contributed by atoms with Gasteiger partial charge in [0, 0.05) is 62.2 Å². The van der Waals surface area contributed by atoms with E-state index < -0.39 is 45.4 Å². The van der Waals surface area contributed by atoms with Crippen molar-refractivity contribution < 1.29 is 56.3 Å². The minimum absolute atomic E-state index is 0.0304. The molecule has 0 unspecified atom stereocenters. The predicted molar refractivity (Wildman–Crippen MR) is 296 cm³/mol. The van der Waals surface area contributed by atoms with Gasteiger partial charge in [-0.2, -0.15) is 10.1 Å². The zero-order chi connectivity index (χ0) is 56.3. The summed E-state index contributed by atoms with van der Waals surface area (Å²) < 4.78 is 63.5. The number of amides is 3. The van der Waals surface area contributed by atoms with E-state index >= 15 is 0 Å². The molecule has 2 fully saturated rings. The number of halogens is 1. The molecule has 424 valence electrons. The molecular formula is C54H67ClN10O12S2. The Morgan fingerprint density at radius 2 is 1.67 bits per heavy atom. The Balaban J connectivity index is 0.715. The first-order valence-electron chi connectivity index (χ1n) is 25.8. The van der Waals surface area contributed by atoms with Gasteiger partial charge in [0.25, 0.3) is 10.0 Å². The van der Waals surface area contributed by atoms with Crippen molar-refractivity contribution in [2.75, 3.05) is 90.9 Å². The number of benzene rings is 3. The van der Waals surface area contributed by atoms with Gasteiger partial charge in [0.15, 0.2) is 11.5 Å². The number of carbonyl (C=O) groups is 3. The highest BCUT2D eigenvalue weighted by atomic mass is 35.5. The molecule has 0 spiro atoms. The quantitative estimate of drug-likeness (QED) is 0.0463.